The Labute approximate surface area is 140 Å². The van der Waals surface area contributed by atoms with Crippen molar-refractivity contribution in [2.45, 2.75) is 18.6 Å². The Morgan fingerprint density at radius 1 is 1.04 bits per heavy atom. The van der Waals surface area contributed by atoms with Gasteiger partial charge < -0.3 is 9.84 Å². The van der Waals surface area contributed by atoms with Crippen LogP contribution in [0.5, 0.6) is 0 Å². The van der Waals surface area contributed by atoms with Crippen LogP contribution >= 0.6 is 0 Å². The third kappa shape index (κ3) is 3.48. The molecule has 0 radical (unpaired) electrons. The zero-order chi connectivity index (χ0) is 16.9. The summed E-state index contributed by atoms with van der Waals surface area (Å²) in [7, 11) is 0. The first-order valence-electron chi connectivity index (χ1n) is 7.78. The molecule has 2 N–H and O–H groups in total. The highest BCUT2D eigenvalue weighted by Crippen LogP contribution is 2.30. The van der Waals surface area contributed by atoms with Crippen LogP contribution in [0.2, 0.25) is 0 Å². The maximum Gasteiger partial charge on any atom is 0.201 e. The Morgan fingerprint density at radius 2 is 1.58 bits per heavy atom. The molecule has 124 valence electrons. The van der Waals surface area contributed by atoms with E-state index in [1.807, 2.05) is 60.7 Å². The van der Waals surface area contributed by atoms with E-state index in [1.165, 1.54) is 6.20 Å². The first kappa shape index (κ1) is 16.2. The predicted molar refractivity (Wildman–Crippen MR) is 88.0 cm³/mol. The van der Waals surface area contributed by atoms with Gasteiger partial charge in [-0.05, 0) is 11.1 Å². The molecule has 24 heavy (non-hydrogen) atoms. The fourth-order valence-electron chi connectivity index (χ4n) is 2.66. The molecule has 0 aromatic heterocycles. The zero-order valence-corrected chi connectivity index (χ0v) is 13.1. The highest BCUT2D eigenvalue weighted by atomic mass is 16.5. The second-order valence-electron chi connectivity index (χ2n) is 5.66. The molecule has 0 saturated heterocycles. The Bertz CT molecular complexity index is 675. The van der Waals surface area contributed by atoms with Crippen LogP contribution in [-0.4, -0.2) is 33.8 Å². The molecule has 1 atom stereocenters. The fourth-order valence-corrected chi connectivity index (χ4v) is 2.66. The maximum absolute atomic E-state index is 12.3. The lowest BCUT2D eigenvalue weighted by atomic mass is 10.0. The van der Waals surface area contributed by atoms with E-state index in [0.29, 0.717) is 0 Å². The van der Waals surface area contributed by atoms with Crippen LogP contribution in [0.25, 0.3) is 0 Å². The van der Waals surface area contributed by atoms with Crippen molar-refractivity contribution in [3.8, 4) is 0 Å². The van der Waals surface area contributed by atoms with Crippen molar-refractivity contribution in [3.63, 3.8) is 0 Å². The van der Waals surface area contributed by atoms with E-state index in [4.69, 9.17) is 4.74 Å². The van der Waals surface area contributed by atoms with E-state index in [1.54, 1.807) is 0 Å². The van der Waals surface area contributed by atoms with Gasteiger partial charge in [0.05, 0.1) is 18.8 Å². The second kappa shape index (κ2) is 7.29. The van der Waals surface area contributed by atoms with E-state index in [0.717, 1.165) is 16.2 Å². The maximum atomic E-state index is 12.3. The largest absolute Gasteiger partial charge is 0.476 e. The minimum absolute atomic E-state index is 0.00906. The quantitative estimate of drug-likeness (QED) is 0.884. The average molecular weight is 325 g/mol. The number of hydroxylamine groups is 2. The first-order chi connectivity index (χ1) is 11.7. The van der Waals surface area contributed by atoms with Gasteiger partial charge in [-0.2, -0.15) is 0 Å². The van der Waals surface area contributed by atoms with Crippen molar-refractivity contribution in [2.75, 3.05) is 6.61 Å². The van der Waals surface area contributed by atoms with Gasteiger partial charge in [0.2, 0.25) is 5.78 Å². The number of ketones is 1. The number of Topliss-reactive ketones (excluding diaryl/α,β-unsaturated/α-hetero) is 1. The molecule has 2 aromatic carbocycles. The molecule has 1 aliphatic rings. The Kier molecular flexibility index (Phi) is 4.93. The standard InChI is InChI=1S/C19H19NO4/c21-13-16-11-17(22)18(12-20(16)23)24-19(14-7-3-1-4-8-14)15-9-5-2-6-10-15/h1-10,12,16,19,21,23H,11,13H2. The number of aliphatic hydroxyl groups excluding tert-OH is 1. The Morgan fingerprint density at radius 3 is 2.08 bits per heavy atom. The summed E-state index contributed by atoms with van der Waals surface area (Å²) >= 11 is 0. The lowest BCUT2D eigenvalue weighted by molar-refractivity contribution is -0.138. The molecule has 3 rings (SSSR count). The number of nitrogens with zero attached hydrogens (tertiary/aromatic N) is 1. The summed E-state index contributed by atoms with van der Waals surface area (Å²) in [5.74, 6) is -0.156. The van der Waals surface area contributed by atoms with E-state index < -0.39 is 12.1 Å². The van der Waals surface area contributed by atoms with Crippen LogP contribution < -0.4 is 0 Å². The van der Waals surface area contributed by atoms with Gasteiger partial charge in [0.1, 0.15) is 6.10 Å². The number of hydrogen-bond acceptors (Lipinski definition) is 5. The van der Waals surface area contributed by atoms with Gasteiger partial charge >= 0.3 is 0 Å². The molecule has 1 heterocycles. The number of allylic oxidation sites excluding steroid dienone is 1. The zero-order valence-electron chi connectivity index (χ0n) is 13.1. The van der Waals surface area contributed by atoms with E-state index in [9.17, 15) is 15.1 Å². The van der Waals surface area contributed by atoms with Gasteiger partial charge in [0.15, 0.2) is 5.76 Å². The molecule has 5 nitrogen and oxygen atoms in total. The smallest absolute Gasteiger partial charge is 0.201 e. The Balaban J connectivity index is 1.92. The molecule has 2 aromatic rings. The summed E-state index contributed by atoms with van der Waals surface area (Å²) in [6, 6.07) is 18.6. The van der Waals surface area contributed by atoms with Crippen molar-refractivity contribution in [2.24, 2.45) is 0 Å². The molecular weight excluding hydrogens is 306 g/mol. The number of rotatable bonds is 5. The fraction of sp³-hybridized carbons (Fsp3) is 0.211. The van der Waals surface area contributed by atoms with Crippen LogP contribution in [0, 0.1) is 0 Å². The molecule has 0 amide bonds. The number of hydrogen-bond donors (Lipinski definition) is 2. The second-order valence-corrected chi connectivity index (χ2v) is 5.66. The van der Waals surface area contributed by atoms with Crippen LogP contribution in [0.4, 0.5) is 0 Å². The lowest BCUT2D eigenvalue weighted by Gasteiger charge is -2.29. The van der Waals surface area contributed by atoms with Gasteiger partial charge in [0, 0.05) is 6.42 Å². The van der Waals surface area contributed by atoms with Gasteiger partial charge in [-0.3, -0.25) is 15.1 Å². The number of aliphatic hydroxyl groups is 1. The molecule has 0 bridgehead atoms. The Hall–Kier alpha value is -2.63. The topological polar surface area (TPSA) is 70.0 Å². The van der Waals surface area contributed by atoms with Crippen molar-refractivity contribution >= 4 is 5.78 Å². The molecular formula is C19H19NO4. The number of ether oxygens (including phenoxy) is 1. The van der Waals surface area contributed by atoms with Gasteiger partial charge in [0.25, 0.3) is 0 Å². The van der Waals surface area contributed by atoms with Crippen molar-refractivity contribution in [1.29, 1.82) is 0 Å². The molecule has 1 unspecified atom stereocenters. The summed E-state index contributed by atoms with van der Waals surface area (Å²) in [6.45, 7) is -0.299. The molecule has 1 aliphatic heterocycles. The third-order valence-corrected chi connectivity index (χ3v) is 3.98. The predicted octanol–water partition coefficient (Wildman–Crippen LogP) is 2.66. The number of benzene rings is 2. The summed E-state index contributed by atoms with van der Waals surface area (Å²) < 4.78 is 5.97. The van der Waals surface area contributed by atoms with Crippen molar-refractivity contribution in [1.82, 2.24) is 5.06 Å². The molecule has 0 fully saturated rings. The summed E-state index contributed by atoms with van der Waals surface area (Å²) in [4.78, 5) is 12.3. The van der Waals surface area contributed by atoms with E-state index >= 15 is 0 Å². The third-order valence-electron chi connectivity index (χ3n) is 3.98. The van der Waals surface area contributed by atoms with E-state index in [-0.39, 0.29) is 24.6 Å². The highest BCUT2D eigenvalue weighted by Gasteiger charge is 2.30. The number of carbonyl (C=O) groups is 1. The van der Waals surface area contributed by atoms with Gasteiger partial charge in [-0.1, -0.05) is 60.7 Å². The SMILES string of the molecule is O=C1CC(CO)N(O)C=C1OC(c1ccccc1)c1ccccc1. The van der Waals surface area contributed by atoms with Crippen LogP contribution in [0.1, 0.15) is 23.7 Å². The van der Waals surface area contributed by atoms with Crippen molar-refractivity contribution < 1.29 is 19.8 Å². The summed E-state index contributed by atoms with van der Waals surface area (Å²) in [5, 5.41) is 19.9. The highest BCUT2D eigenvalue weighted by molar-refractivity contribution is 5.94. The summed E-state index contributed by atoms with van der Waals surface area (Å²) in [5.41, 5.74) is 1.82. The monoisotopic (exact) mass is 325 g/mol. The van der Waals surface area contributed by atoms with Crippen LogP contribution in [0.15, 0.2) is 72.6 Å². The summed E-state index contributed by atoms with van der Waals surface area (Å²) in [6.07, 6.45) is 0.794. The van der Waals surface area contributed by atoms with E-state index in [2.05, 4.69) is 0 Å². The molecule has 5 heteroatoms. The first-order valence-corrected chi connectivity index (χ1v) is 7.78. The molecule has 0 aliphatic carbocycles. The van der Waals surface area contributed by atoms with Gasteiger partial charge in [-0.15, -0.1) is 0 Å². The van der Waals surface area contributed by atoms with Gasteiger partial charge in [-0.25, -0.2) is 0 Å². The molecule has 0 saturated carbocycles. The number of carbonyl (C=O) groups excluding carboxylic acids is 1. The minimum atomic E-state index is -0.628. The van der Waals surface area contributed by atoms with Crippen LogP contribution in [0.3, 0.4) is 0 Å². The van der Waals surface area contributed by atoms with Crippen molar-refractivity contribution in [3.05, 3.63) is 83.7 Å². The molecule has 0 spiro atoms. The minimum Gasteiger partial charge on any atom is -0.476 e. The lowest BCUT2D eigenvalue weighted by Crippen LogP contribution is -2.38. The van der Waals surface area contributed by atoms with Crippen LogP contribution in [-0.2, 0) is 9.53 Å². The average Bonchev–Trinajstić information content (AvgIpc) is 2.63. The normalized spacial score (nSPS) is 17.8.